The minimum atomic E-state index is -4.54. The summed E-state index contributed by atoms with van der Waals surface area (Å²) in [5.41, 5.74) is -0.111. The van der Waals surface area contributed by atoms with E-state index >= 15 is 0 Å². The second-order valence-electron chi connectivity index (χ2n) is 7.53. The van der Waals surface area contributed by atoms with Gasteiger partial charge in [0.1, 0.15) is 17.5 Å². The molecule has 5 nitrogen and oxygen atoms in total. The number of hydrogen-bond acceptors (Lipinski definition) is 4. The molecule has 0 aliphatic rings. The molecule has 3 aromatic carbocycles. The number of nitrogens with one attached hydrogen (secondary N) is 1. The minimum Gasteiger partial charge on any atom is -0.497 e. The second kappa shape index (κ2) is 10.8. The van der Waals surface area contributed by atoms with Gasteiger partial charge in [-0.05, 0) is 48.0 Å². The molecule has 0 fully saturated rings. The minimum absolute atomic E-state index is 0.0267. The molecule has 3 rings (SSSR count). The zero-order valence-corrected chi connectivity index (χ0v) is 18.3. The van der Waals surface area contributed by atoms with Crippen molar-refractivity contribution < 1.29 is 32.3 Å². The van der Waals surface area contributed by atoms with Crippen LogP contribution in [-0.2, 0) is 15.8 Å². The lowest BCUT2D eigenvalue weighted by molar-refractivity contribution is -0.137. The van der Waals surface area contributed by atoms with Crippen LogP contribution in [0, 0.1) is 0 Å². The Kier molecular flexibility index (Phi) is 7.83. The number of amides is 1. The number of rotatable bonds is 9. The maximum Gasteiger partial charge on any atom is 0.416 e. The third-order valence-electron chi connectivity index (χ3n) is 5.16. The lowest BCUT2D eigenvalue weighted by Crippen LogP contribution is -2.24. The first kappa shape index (κ1) is 24.7. The molecule has 1 N–H and O–H groups in total. The molecule has 1 amide bonds. The normalized spacial score (nSPS) is 12.0. The van der Waals surface area contributed by atoms with Crippen LogP contribution in [0.3, 0.4) is 0 Å². The molecule has 0 aliphatic heterocycles. The van der Waals surface area contributed by atoms with Crippen LogP contribution >= 0.6 is 0 Å². The Morgan fingerprint density at radius 2 is 1.56 bits per heavy atom. The highest BCUT2D eigenvalue weighted by molar-refractivity contribution is 6.15. The van der Waals surface area contributed by atoms with E-state index < -0.39 is 35.1 Å². The molecule has 0 radical (unpaired) electrons. The van der Waals surface area contributed by atoms with Crippen LogP contribution in [-0.4, -0.2) is 24.6 Å². The average molecular weight is 469 g/mol. The summed E-state index contributed by atoms with van der Waals surface area (Å²) in [4.78, 5) is 38.5. The van der Waals surface area contributed by atoms with Gasteiger partial charge in [-0.3, -0.25) is 14.4 Å². The maximum absolute atomic E-state index is 13.2. The van der Waals surface area contributed by atoms with Crippen molar-refractivity contribution >= 4 is 23.2 Å². The standard InChI is InChI=1S/C26H22F3NO4/c1-34-21-12-10-18(11-13-21)25(33)24(17-6-3-2-4-7-17)22(31)14-15-23(32)30-20-9-5-8-19(16-20)26(27,28)29/h2-13,16,24H,14-15H2,1H3,(H,30,32)/t24-/m0/s1. The smallest absolute Gasteiger partial charge is 0.416 e. The van der Waals surface area contributed by atoms with E-state index in [1.165, 1.54) is 19.2 Å². The molecule has 1 atom stereocenters. The predicted molar refractivity (Wildman–Crippen MR) is 121 cm³/mol. The molecule has 8 heteroatoms. The molecule has 0 spiro atoms. The summed E-state index contributed by atoms with van der Waals surface area (Å²) in [5, 5.41) is 2.37. The van der Waals surface area contributed by atoms with E-state index in [9.17, 15) is 27.6 Å². The van der Waals surface area contributed by atoms with Crippen molar-refractivity contribution in [2.45, 2.75) is 24.9 Å². The number of Topliss-reactive ketones (excluding diaryl/α,β-unsaturated/α-hetero) is 2. The van der Waals surface area contributed by atoms with E-state index in [4.69, 9.17) is 4.74 Å². The van der Waals surface area contributed by atoms with E-state index in [-0.39, 0.29) is 18.5 Å². The molecule has 0 bridgehead atoms. The van der Waals surface area contributed by atoms with E-state index in [1.54, 1.807) is 54.6 Å². The summed E-state index contributed by atoms with van der Waals surface area (Å²) in [6, 6.07) is 19.1. The molecule has 0 unspecified atom stereocenters. The van der Waals surface area contributed by atoms with E-state index in [0.717, 1.165) is 12.1 Å². The molecule has 176 valence electrons. The Morgan fingerprint density at radius 1 is 0.882 bits per heavy atom. The number of carbonyl (C=O) groups is 3. The maximum atomic E-state index is 13.2. The molecule has 0 saturated heterocycles. The topological polar surface area (TPSA) is 72.5 Å². The fourth-order valence-electron chi connectivity index (χ4n) is 3.43. The summed E-state index contributed by atoms with van der Waals surface area (Å²) >= 11 is 0. The first-order chi connectivity index (χ1) is 16.2. The zero-order chi connectivity index (χ0) is 24.7. The zero-order valence-electron chi connectivity index (χ0n) is 18.3. The fourth-order valence-corrected chi connectivity index (χ4v) is 3.43. The van der Waals surface area contributed by atoms with Crippen molar-refractivity contribution in [2.75, 3.05) is 12.4 Å². The lowest BCUT2D eigenvalue weighted by atomic mass is 9.85. The average Bonchev–Trinajstić information content (AvgIpc) is 2.83. The number of ketones is 2. The first-order valence-electron chi connectivity index (χ1n) is 10.4. The van der Waals surface area contributed by atoms with Gasteiger partial charge in [-0.2, -0.15) is 13.2 Å². The Labute approximate surface area is 194 Å². The van der Waals surface area contributed by atoms with Crippen LogP contribution in [0.1, 0.15) is 40.2 Å². The Balaban J connectivity index is 1.72. The molecular formula is C26H22F3NO4. The van der Waals surface area contributed by atoms with Gasteiger partial charge >= 0.3 is 6.18 Å². The van der Waals surface area contributed by atoms with Gasteiger partial charge in [-0.1, -0.05) is 36.4 Å². The van der Waals surface area contributed by atoms with Crippen molar-refractivity contribution in [3.8, 4) is 5.75 Å². The van der Waals surface area contributed by atoms with E-state index in [1.807, 2.05) is 0 Å². The van der Waals surface area contributed by atoms with Crippen LogP contribution in [0.4, 0.5) is 18.9 Å². The summed E-state index contributed by atoms with van der Waals surface area (Å²) < 4.78 is 43.7. The highest BCUT2D eigenvalue weighted by Crippen LogP contribution is 2.31. The highest BCUT2D eigenvalue weighted by atomic mass is 19.4. The van der Waals surface area contributed by atoms with Gasteiger partial charge in [-0.25, -0.2) is 0 Å². The van der Waals surface area contributed by atoms with Crippen LogP contribution in [0.2, 0.25) is 0 Å². The first-order valence-corrected chi connectivity index (χ1v) is 10.4. The molecular weight excluding hydrogens is 447 g/mol. The number of carbonyl (C=O) groups excluding carboxylic acids is 3. The van der Waals surface area contributed by atoms with Crippen molar-refractivity contribution in [2.24, 2.45) is 0 Å². The summed E-state index contributed by atoms with van der Waals surface area (Å²) in [6.45, 7) is 0. The number of methoxy groups -OCH3 is 1. The van der Waals surface area contributed by atoms with Crippen molar-refractivity contribution in [1.82, 2.24) is 0 Å². The van der Waals surface area contributed by atoms with Gasteiger partial charge in [0.15, 0.2) is 5.78 Å². The third-order valence-corrected chi connectivity index (χ3v) is 5.16. The van der Waals surface area contributed by atoms with Crippen LogP contribution in [0.25, 0.3) is 0 Å². The molecule has 0 saturated carbocycles. The number of halogens is 3. The molecule has 0 aliphatic carbocycles. The predicted octanol–water partition coefficient (Wildman–Crippen LogP) is 5.67. The summed E-state index contributed by atoms with van der Waals surface area (Å²) in [5.74, 6) is -2.07. The fraction of sp³-hybridized carbons (Fsp3) is 0.192. The molecule has 34 heavy (non-hydrogen) atoms. The van der Waals surface area contributed by atoms with Crippen molar-refractivity contribution in [1.29, 1.82) is 0 Å². The van der Waals surface area contributed by atoms with E-state index in [2.05, 4.69) is 5.32 Å². The quantitative estimate of drug-likeness (QED) is 0.324. The highest BCUT2D eigenvalue weighted by Gasteiger charge is 2.31. The summed E-state index contributed by atoms with van der Waals surface area (Å²) in [7, 11) is 1.50. The summed E-state index contributed by atoms with van der Waals surface area (Å²) in [6.07, 6.45) is -5.08. The number of anilines is 1. The van der Waals surface area contributed by atoms with Gasteiger partial charge < -0.3 is 10.1 Å². The Bertz CT molecular complexity index is 1160. The molecule has 3 aromatic rings. The Morgan fingerprint density at radius 3 is 2.18 bits per heavy atom. The molecule has 0 heterocycles. The Hall–Kier alpha value is -3.94. The van der Waals surface area contributed by atoms with Gasteiger partial charge in [0.2, 0.25) is 5.91 Å². The molecule has 0 aromatic heterocycles. The van der Waals surface area contributed by atoms with Crippen LogP contribution < -0.4 is 10.1 Å². The van der Waals surface area contributed by atoms with Gasteiger partial charge in [0.05, 0.1) is 12.7 Å². The van der Waals surface area contributed by atoms with E-state index in [0.29, 0.717) is 16.9 Å². The number of benzene rings is 3. The third kappa shape index (κ3) is 6.31. The van der Waals surface area contributed by atoms with Gasteiger partial charge in [0.25, 0.3) is 0 Å². The number of alkyl halides is 3. The van der Waals surface area contributed by atoms with Gasteiger partial charge in [0, 0.05) is 24.1 Å². The SMILES string of the molecule is COc1ccc(C(=O)[C@H](C(=O)CCC(=O)Nc2cccc(C(F)(F)F)c2)c2ccccc2)cc1. The van der Waals surface area contributed by atoms with Crippen molar-refractivity contribution in [3.63, 3.8) is 0 Å². The lowest BCUT2D eigenvalue weighted by Gasteiger charge is -2.16. The largest absolute Gasteiger partial charge is 0.497 e. The van der Waals surface area contributed by atoms with Crippen LogP contribution in [0.5, 0.6) is 5.75 Å². The number of hydrogen-bond donors (Lipinski definition) is 1. The van der Waals surface area contributed by atoms with Crippen molar-refractivity contribution in [3.05, 3.63) is 95.6 Å². The van der Waals surface area contributed by atoms with Gasteiger partial charge in [-0.15, -0.1) is 0 Å². The number of ether oxygens (including phenoxy) is 1. The monoisotopic (exact) mass is 469 g/mol. The van der Waals surface area contributed by atoms with Crippen LogP contribution in [0.15, 0.2) is 78.9 Å². The second-order valence-corrected chi connectivity index (χ2v) is 7.53.